The van der Waals surface area contributed by atoms with Gasteiger partial charge in [0.05, 0.1) is 29.3 Å². The van der Waals surface area contributed by atoms with Gasteiger partial charge >= 0.3 is 0 Å². The second kappa shape index (κ2) is 11.1. The maximum absolute atomic E-state index is 13.2. The molecule has 9 heteroatoms. The van der Waals surface area contributed by atoms with Crippen LogP contribution in [-0.2, 0) is 16.4 Å². The Labute approximate surface area is 224 Å². The molecular weight excluding hydrogens is 498 g/mol. The van der Waals surface area contributed by atoms with Gasteiger partial charge in [0.15, 0.2) is 0 Å². The predicted octanol–water partition coefficient (Wildman–Crippen LogP) is 5.01. The molecule has 1 N–H and O–H groups in total. The Morgan fingerprint density at radius 2 is 1.61 bits per heavy atom. The van der Waals surface area contributed by atoms with E-state index in [9.17, 15) is 8.42 Å². The molecule has 1 aliphatic heterocycles. The van der Waals surface area contributed by atoms with E-state index < -0.39 is 10.0 Å². The van der Waals surface area contributed by atoms with Crippen LogP contribution in [0.25, 0.3) is 10.9 Å². The number of anilines is 2. The summed E-state index contributed by atoms with van der Waals surface area (Å²) in [6.07, 6.45) is 0.879. The average molecular weight is 532 g/mol. The van der Waals surface area contributed by atoms with E-state index in [2.05, 4.69) is 24.1 Å². The van der Waals surface area contributed by atoms with Crippen molar-refractivity contribution in [3.63, 3.8) is 0 Å². The van der Waals surface area contributed by atoms with Gasteiger partial charge in [-0.15, -0.1) is 0 Å². The summed E-state index contributed by atoms with van der Waals surface area (Å²) in [6.45, 7) is 6.16. The predicted molar refractivity (Wildman–Crippen MR) is 150 cm³/mol. The molecule has 3 aromatic carbocycles. The van der Waals surface area contributed by atoms with Crippen LogP contribution in [0.2, 0.25) is 0 Å². The van der Waals surface area contributed by atoms with Crippen molar-refractivity contribution in [3.05, 3.63) is 84.2 Å². The number of nitrogens with one attached hydrogen (secondary N) is 1. The fourth-order valence-electron chi connectivity index (χ4n) is 4.79. The third kappa shape index (κ3) is 5.22. The molecule has 0 unspecified atom stereocenters. The van der Waals surface area contributed by atoms with Crippen molar-refractivity contribution in [3.8, 4) is 5.75 Å². The van der Waals surface area contributed by atoms with E-state index in [1.165, 1.54) is 0 Å². The Morgan fingerprint density at radius 1 is 0.921 bits per heavy atom. The highest BCUT2D eigenvalue weighted by Gasteiger charge is 2.31. The molecule has 0 amide bonds. The number of nitrogens with zero attached hydrogens (tertiary/aromatic N) is 4. The standard InChI is InChI=1S/C29H33N5O3S/c1-4-22-13-15-23(16-14-22)38(35,36)34-19-17-33(18-20-34)21(2)28-30-25-10-6-5-9-24(25)29(32-28)31-26-11-7-8-12-27(26)37-3/h5-16,21H,4,17-20H2,1-3H3,(H,30,31,32)/t21-/m1/s1. The van der Waals surface area contributed by atoms with Crippen LogP contribution in [-0.4, -0.2) is 60.9 Å². The molecular formula is C29H33N5O3S. The summed E-state index contributed by atoms with van der Waals surface area (Å²) in [5.41, 5.74) is 2.79. The second-order valence-electron chi connectivity index (χ2n) is 9.39. The number of ether oxygens (including phenoxy) is 1. The van der Waals surface area contributed by atoms with Gasteiger partial charge < -0.3 is 10.1 Å². The molecule has 38 heavy (non-hydrogen) atoms. The van der Waals surface area contributed by atoms with Gasteiger partial charge in [-0.1, -0.05) is 43.3 Å². The Kier molecular flexibility index (Phi) is 7.60. The van der Waals surface area contributed by atoms with Crippen LogP contribution in [0, 0.1) is 0 Å². The number of hydrogen-bond acceptors (Lipinski definition) is 7. The first kappa shape index (κ1) is 26.1. The van der Waals surface area contributed by atoms with Crippen molar-refractivity contribution in [1.82, 2.24) is 19.2 Å². The highest BCUT2D eigenvalue weighted by Crippen LogP contribution is 2.31. The Morgan fingerprint density at radius 3 is 2.32 bits per heavy atom. The summed E-state index contributed by atoms with van der Waals surface area (Å²) >= 11 is 0. The first-order chi connectivity index (χ1) is 18.4. The van der Waals surface area contributed by atoms with Crippen LogP contribution in [0.5, 0.6) is 5.75 Å². The molecule has 1 aliphatic rings. The van der Waals surface area contributed by atoms with Gasteiger partial charge in [0.1, 0.15) is 17.4 Å². The monoisotopic (exact) mass is 531 g/mol. The summed E-state index contributed by atoms with van der Waals surface area (Å²) < 4.78 is 33.5. The summed E-state index contributed by atoms with van der Waals surface area (Å²) in [7, 11) is -1.88. The number of sulfonamides is 1. The zero-order chi connectivity index (χ0) is 26.7. The van der Waals surface area contributed by atoms with Crippen molar-refractivity contribution < 1.29 is 13.2 Å². The minimum Gasteiger partial charge on any atom is -0.495 e. The lowest BCUT2D eigenvalue weighted by atomic mass is 10.2. The molecule has 0 spiro atoms. The minimum atomic E-state index is -3.52. The Balaban J connectivity index is 1.36. The van der Waals surface area contributed by atoms with Gasteiger partial charge in [-0.3, -0.25) is 4.90 Å². The van der Waals surface area contributed by atoms with Crippen molar-refractivity contribution in [2.75, 3.05) is 38.6 Å². The molecule has 198 valence electrons. The number of aryl methyl sites for hydroxylation is 1. The van der Waals surface area contributed by atoms with Crippen LogP contribution in [0.4, 0.5) is 11.5 Å². The lowest BCUT2D eigenvalue weighted by Gasteiger charge is -2.37. The number of hydrogen-bond donors (Lipinski definition) is 1. The van der Waals surface area contributed by atoms with E-state index in [-0.39, 0.29) is 6.04 Å². The Bertz CT molecular complexity index is 1520. The molecule has 1 atom stereocenters. The van der Waals surface area contributed by atoms with Crippen LogP contribution >= 0.6 is 0 Å². The van der Waals surface area contributed by atoms with Crippen molar-refractivity contribution in [2.45, 2.75) is 31.2 Å². The van der Waals surface area contributed by atoms with Crippen molar-refractivity contribution in [2.24, 2.45) is 0 Å². The van der Waals surface area contributed by atoms with E-state index in [0.717, 1.165) is 34.3 Å². The largest absolute Gasteiger partial charge is 0.495 e. The normalized spacial score (nSPS) is 15.9. The van der Waals surface area contributed by atoms with Crippen LogP contribution in [0.15, 0.2) is 77.7 Å². The summed E-state index contributed by atoms with van der Waals surface area (Å²) in [5, 5.41) is 4.35. The van der Waals surface area contributed by atoms with Gasteiger partial charge in [0.2, 0.25) is 10.0 Å². The van der Waals surface area contributed by atoms with E-state index in [0.29, 0.717) is 42.7 Å². The molecule has 0 saturated carbocycles. The smallest absolute Gasteiger partial charge is 0.243 e. The lowest BCUT2D eigenvalue weighted by molar-refractivity contribution is 0.141. The minimum absolute atomic E-state index is 0.0912. The average Bonchev–Trinajstić information content (AvgIpc) is 2.97. The number of para-hydroxylation sites is 3. The number of benzene rings is 3. The second-order valence-corrected chi connectivity index (χ2v) is 11.3. The van der Waals surface area contributed by atoms with Crippen LogP contribution in [0.1, 0.15) is 31.3 Å². The van der Waals surface area contributed by atoms with E-state index >= 15 is 0 Å². The van der Waals surface area contributed by atoms with Crippen molar-refractivity contribution in [1.29, 1.82) is 0 Å². The number of methoxy groups -OCH3 is 1. The van der Waals surface area contributed by atoms with Gasteiger partial charge in [0, 0.05) is 31.6 Å². The summed E-state index contributed by atoms with van der Waals surface area (Å²) in [5.74, 6) is 2.12. The van der Waals surface area contributed by atoms with E-state index in [1.54, 1.807) is 23.5 Å². The molecule has 8 nitrogen and oxygen atoms in total. The molecule has 2 heterocycles. The van der Waals surface area contributed by atoms with Gasteiger partial charge in [-0.25, -0.2) is 18.4 Å². The highest BCUT2D eigenvalue weighted by molar-refractivity contribution is 7.89. The fourth-order valence-corrected chi connectivity index (χ4v) is 6.22. The molecule has 1 saturated heterocycles. The van der Waals surface area contributed by atoms with Gasteiger partial charge in [-0.2, -0.15) is 4.31 Å². The van der Waals surface area contributed by atoms with Gasteiger partial charge in [-0.05, 0) is 55.3 Å². The Hall–Kier alpha value is -3.53. The molecule has 0 radical (unpaired) electrons. The SMILES string of the molecule is CCc1ccc(S(=O)(=O)N2CCN([C@H](C)c3nc(Nc4ccccc4OC)c4ccccc4n3)CC2)cc1. The molecule has 5 rings (SSSR count). The third-order valence-corrected chi connectivity index (χ3v) is 9.06. The summed E-state index contributed by atoms with van der Waals surface area (Å²) in [6, 6.07) is 22.8. The van der Waals surface area contributed by atoms with E-state index in [4.69, 9.17) is 14.7 Å². The first-order valence-electron chi connectivity index (χ1n) is 12.9. The molecule has 1 fully saturated rings. The topological polar surface area (TPSA) is 87.7 Å². The van der Waals surface area contributed by atoms with Crippen LogP contribution in [0.3, 0.4) is 0 Å². The molecule has 0 aliphatic carbocycles. The lowest BCUT2D eigenvalue weighted by Crippen LogP contribution is -2.49. The fraction of sp³-hybridized carbons (Fsp3) is 0.310. The number of rotatable bonds is 8. The summed E-state index contributed by atoms with van der Waals surface area (Å²) in [4.78, 5) is 12.4. The first-order valence-corrected chi connectivity index (χ1v) is 14.3. The maximum Gasteiger partial charge on any atom is 0.243 e. The quantitative estimate of drug-likeness (QED) is 0.342. The van der Waals surface area contributed by atoms with Gasteiger partial charge in [0.25, 0.3) is 0 Å². The maximum atomic E-state index is 13.2. The third-order valence-electron chi connectivity index (χ3n) is 7.14. The van der Waals surface area contributed by atoms with Crippen molar-refractivity contribution >= 4 is 32.4 Å². The van der Waals surface area contributed by atoms with Crippen LogP contribution < -0.4 is 10.1 Å². The van der Waals surface area contributed by atoms with E-state index in [1.807, 2.05) is 60.7 Å². The number of fused-ring (bicyclic) bond motifs is 1. The zero-order valence-electron chi connectivity index (χ0n) is 22.0. The molecule has 4 aromatic rings. The molecule has 1 aromatic heterocycles. The highest BCUT2D eigenvalue weighted by atomic mass is 32.2. The zero-order valence-corrected chi connectivity index (χ0v) is 22.8. The molecule has 0 bridgehead atoms. The number of aromatic nitrogens is 2. The number of piperazine rings is 1.